The third-order valence-electron chi connectivity index (χ3n) is 6.10. The van der Waals surface area contributed by atoms with Crippen molar-refractivity contribution >= 4 is 17.1 Å². The lowest BCUT2D eigenvalue weighted by molar-refractivity contribution is -0.134. The van der Waals surface area contributed by atoms with Crippen LogP contribution in [0.3, 0.4) is 0 Å². The van der Waals surface area contributed by atoms with Crippen molar-refractivity contribution in [3.63, 3.8) is 0 Å². The fourth-order valence-electron chi connectivity index (χ4n) is 4.53. The van der Waals surface area contributed by atoms with E-state index in [4.69, 9.17) is 13.9 Å². The molecule has 1 aromatic carbocycles. The average Bonchev–Trinajstić information content (AvgIpc) is 3.42. The van der Waals surface area contributed by atoms with Gasteiger partial charge in [-0.25, -0.2) is 4.98 Å². The number of piperidine rings is 1. The number of nitrogens with zero attached hydrogens (tertiary/aromatic N) is 3. The number of amides is 1. The number of carbonyl (C=O) groups is 1. The zero-order valence-electron chi connectivity index (χ0n) is 17.8. The number of phenols is 1. The Labute approximate surface area is 184 Å². The Morgan fingerprint density at radius 3 is 2.97 bits per heavy atom. The van der Waals surface area contributed by atoms with E-state index in [2.05, 4.69) is 9.97 Å². The molecule has 5 rings (SSSR count). The van der Waals surface area contributed by atoms with Crippen molar-refractivity contribution in [2.24, 2.45) is 0 Å². The Morgan fingerprint density at radius 2 is 2.16 bits per heavy atom. The van der Waals surface area contributed by atoms with Crippen LogP contribution in [0.15, 0.2) is 22.6 Å². The van der Waals surface area contributed by atoms with Gasteiger partial charge in [0.25, 0.3) is 0 Å². The van der Waals surface area contributed by atoms with Gasteiger partial charge in [0.1, 0.15) is 11.5 Å². The molecule has 0 aliphatic carbocycles. The molecule has 1 unspecified atom stereocenters. The molecule has 2 N–H and O–H groups in total. The maximum atomic E-state index is 12.0. The van der Waals surface area contributed by atoms with Crippen molar-refractivity contribution in [3.05, 3.63) is 35.2 Å². The average molecular weight is 439 g/mol. The topological polar surface area (TPSA) is 118 Å². The third kappa shape index (κ3) is 3.57. The molecular formula is C23H25N3O6. The number of benzene rings is 1. The Kier molecular flexibility index (Phi) is 5.44. The van der Waals surface area contributed by atoms with Crippen LogP contribution in [0.4, 0.5) is 0 Å². The highest BCUT2D eigenvalue weighted by Gasteiger charge is 2.30. The summed E-state index contributed by atoms with van der Waals surface area (Å²) in [5.41, 5.74) is 3.75. The van der Waals surface area contributed by atoms with Crippen LogP contribution in [0.1, 0.15) is 35.8 Å². The standard InChI is InChI=1S/C23H25N3O6/c1-30-12-14-10-18-15(6-9-31-18)21(29)20(14)16-3-4-17-22(24-16)25-23(32-17)13-2-5-19(28)26(11-13)7-8-27/h3-4,10,13,27,29H,2,5-9,11-12H2,1H3. The summed E-state index contributed by atoms with van der Waals surface area (Å²) in [6.45, 7) is 1.54. The van der Waals surface area contributed by atoms with Gasteiger partial charge in [-0.05, 0) is 30.2 Å². The monoisotopic (exact) mass is 439 g/mol. The van der Waals surface area contributed by atoms with Gasteiger partial charge >= 0.3 is 0 Å². The fraction of sp³-hybridized carbons (Fsp3) is 0.435. The number of hydrogen-bond acceptors (Lipinski definition) is 8. The van der Waals surface area contributed by atoms with E-state index < -0.39 is 0 Å². The number of aromatic hydroxyl groups is 1. The SMILES string of the molecule is COCc1cc2c(c(O)c1-c1ccc3oc(C4CCC(=O)N(CCO)C4)nc3n1)CCO2. The van der Waals surface area contributed by atoms with Gasteiger partial charge in [0, 0.05) is 44.2 Å². The number of hydrogen-bond donors (Lipinski definition) is 2. The van der Waals surface area contributed by atoms with Crippen LogP contribution in [0.2, 0.25) is 0 Å². The predicted molar refractivity (Wildman–Crippen MR) is 114 cm³/mol. The number of fused-ring (bicyclic) bond motifs is 2. The number of aliphatic hydroxyl groups is 1. The first kappa shape index (κ1) is 20.7. The highest BCUT2D eigenvalue weighted by Crippen LogP contribution is 2.43. The van der Waals surface area contributed by atoms with Crippen LogP contribution in [0.25, 0.3) is 22.5 Å². The number of aliphatic hydroxyl groups excluding tert-OH is 1. The highest BCUT2D eigenvalue weighted by molar-refractivity contribution is 5.80. The van der Waals surface area contributed by atoms with Crippen LogP contribution >= 0.6 is 0 Å². The lowest BCUT2D eigenvalue weighted by Crippen LogP contribution is -2.40. The predicted octanol–water partition coefficient (Wildman–Crippen LogP) is 2.38. The van der Waals surface area contributed by atoms with Gasteiger partial charge in [0.05, 0.1) is 31.4 Å². The second kappa shape index (κ2) is 8.40. The Bertz CT molecular complexity index is 1170. The summed E-state index contributed by atoms with van der Waals surface area (Å²) in [4.78, 5) is 23.0. The largest absolute Gasteiger partial charge is 0.507 e. The molecular weight excluding hydrogens is 414 g/mol. The van der Waals surface area contributed by atoms with Crippen LogP contribution in [-0.4, -0.2) is 64.4 Å². The van der Waals surface area contributed by atoms with Crippen molar-refractivity contribution in [2.45, 2.75) is 31.8 Å². The highest BCUT2D eigenvalue weighted by atomic mass is 16.5. The molecule has 3 aromatic rings. The van der Waals surface area contributed by atoms with Crippen LogP contribution in [0, 0.1) is 0 Å². The summed E-state index contributed by atoms with van der Waals surface area (Å²) in [5, 5.41) is 20.2. The van der Waals surface area contributed by atoms with E-state index in [-0.39, 0.29) is 24.2 Å². The quantitative estimate of drug-likeness (QED) is 0.601. The molecule has 0 radical (unpaired) electrons. The molecule has 2 aromatic heterocycles. The van der Waals surface area contributed by atoms with Crippen molar-refractivity contribution in [1.29, 1.82) is 0 Å². The zero-order valence-corrected chi connectivity index (χ0v) is 17.8. The minimum atomic E-state index is -0.0734. The van der Waals surface area contributed by atoms with Gasteiger partial charge in [0.2, 0.25) is 11.8 Å². The lowest BCUT2D eigenvalue weighted by atomic mass is 9.97. The number of oxazole rings is 1. The number of aromatic nitrogens is 2. The molecule has 2 aliphatic rings. The van der Waals surface area contributed by atoms with E-state index in [0.717, 1.165) is 11.1 Å². The summed E-state index contributed by atoms with van der Waals surface area (Å²) in [6.07, 6.45) is 1.68. The lowest BCUT2D eigenvalue weighted by Gasteiger charge is -2.30. The van der Waals surface area contributed by atoms with Crippen LogP contribution in [-0.2, 0) is 22.6 Å². The van der Waals surface area contributed by atoms with E-state index in [0.29, 0.717) is 79.7 Å². The molecule has 2 aliphatic heterocycles. The summed E-state index contributed by atoms with van der Waals surface area (Å²) in [5.74, 6) is 1.36. The number of carbonyl (C=O) groups excluding carboxylic acids is 1. The maximum absolute atomic E-state index is 12.0. The molecule has 1 saturated heterocycles. The van der Waals surface area contributed by atoms with Crippen molar-refractivity contribution in [1.82, 2.24) is 14.9 Å². The molecule has 1 fully saturated rings. The smallest absolute Gasteiger partial charge is 0.222 e. The zero-order chi connectivity index (χ0) is 22.2. The molecule has 0 saturated carbocycles. The molecule has 32 heavy (non-hydrogen) atoms. The molecule has 9 nitrogen and oxygen atoms in total. The maximum Gasteiger partial charge on any atom is 0.222 e. The number of ether oxygens (including phenoxy) is 2. The Balaban J connectivity index is 1.51. The number of phenolic OH excluding ortho intramolecular Hbond substituents is 1. The molecule has 1 amide bonds. The molecule has 0 spiro atoms. The minimum Gasteiger partial charge on any atom is -0.507 e. The van der Waals surface area contributed by atoms with Gasteiger partial charge in [-0.3, -0.25) is 4.79 Å². The molecule has 9 heteroatoms. The van der Waals surface area contributed by atoms with Crippen molar-refractivity contribution < 1.29 is 28.9 Å². The summed E-state index contributed by atoms with van der Waals surface area (Å²) in [6, 6.07) is 5.50. The third-order valence-corrected chi connectivity index (χ3v) is 6.10. The second-order valence-electron chi connectivity index (χ2n) is 8.14. The Morgan fingerprint density at radius 1 is 1.28 bits per heavy atom. The fourth-order valence-corrected chi connectivity index (χ4v) is 4.53. The van der Waals surface area contributed by atoms with Gasteiger partial charge in [-0.1, -0.05) is 0 Å². The molecule has 168 valence electrons. The summed E-state index contributed by atoms with van der Waals surface area (Å²) < 4.78 is 16.9. The first-order valence-corrected chi connectivity index (χ1v) is 10.7. The van der Waals surface area contributed by atoms with Gasteiger partial charge in [-0.2, -0.15) is 4.98 Å². The summed E-state index contributed by atoms with van der Waals surface area (Å²) >= 11 is 0. The van der Waals surface area contributed by atoms with Gasteiger partial charge in [-0.15, -0.1) is 0 Å². The van der Waals surface area contributed by atoms with Crippen LogP contribution < -0.4 is 4.74 Å². The molecule has 4 heterocycles. The van der Waals surface area contributed by atoms with E-state index in [1.165, 1.54) is 0 Å². The molecule has 1 atom stereocenters. The number of pyridine rings is 1. The van der Waals surface area contributed by atoms with Crippen molar-refractivity contribution in [3.8, 4) is 22.8 Å². The summed E-state index contributed by atoms with van der Waals surface area (Å²) in [7, 11) is 1.60. The van der Waals surface area contributed by atoms with E-state index in [1.807, 2.05) is 6.07 Å². The number of β-amino-alcohol motifs (C(OH)–C–C–N with tert-alkyl or cyclic N) is 1. The van der Waals surface area contributed by atoms with Crippen LogP contribution in [0.5, 0.6) is 11.5 Å². The van der Waals surface area contributed by atoms with E-state index in [1.54, 1.807) is 24.1 Å². The minimum absolute atomic E-state index is 0.0357. The number of likely N-dealkylation sites (tertiary alicyclic amines) is 1. The van der Waals surface area contributed by atoms with E-state index >= 15 is 0 Å². The second-order valence-corrected chi connectivity index (χ2v) is 8.14. The number of methoxy groups -OCH3 is 1. The van der Waals surface area contributed by atoms with Gasteiger partial charge < -0.3 is 29.0 Å². The first-order chi connectivity index (χ1) is 15.6. The normalized spacial score (nSPS) is 18.2. The van der Waals surface area contributed by atoms with E-state index in [9.17, 15) is 15.0 Å². The number of rotatable bonds is 6. The molecule has 0 bridgehead atoms. The van der Waals surface area contributed by atoms with Gasteiger partial charge in [0.15, 0.2) is 11.2 Å². The van der Waals surface area contributed by atoms with Crippen molar-refractivity contribution in [2.75, 3.05) is 33.4 Å². The Hall–Kier alpha value is -3.17. The first-order valence-electron chi connectivity index (χ1n) is 10.7.